The van der Waals surface area contributed by atoms with Gasteiger partial charge in [0, 0.05) is 23.9 Å². The fourth-order valence-corrected chi connectivity index (χ4v) is 4.48. The SMILES string of the molecule is C[C@H]1[C@H](O)[C@@H](O)[C@H]2CNC[C@@H]2[C@H]1C(=O)NCc1coc(-c2ccccc2)n1. The second-order valence-corrected chi connectivity index (χ2v) is 7.58. The van der Waals surface area contributed by atoms with E-state index in [9.17, 15) is 15.0 Å². The standard InChI is InChI=1S/C20H25N3O4/c1-11-16(14-8-21-9-15(14)18(25)17(11)24)19(26)22-7-13-10-27-20(23-13)12-5-3-2-4-6-12/h2-6,10-11,14-18,21,24-25H,7-9H2,1H3,(H,22,26)/t11-,14+,15+,16+,17+,18+/m1/s1. The first-order valence-electron chi connectivity index (χ1n) is 9.40. The van der Waals surface area contributed by atoms with Gasteiger partial charge in [-0.3, -0.25) is 4.79 Å². The molecule has 1 saturated carbocycles. The Hall–Kier alpha value is -2.22. The van der Waals surface area contributed by atoms with Crippen LogP contribution in [0.2, 0.25) is 0 Å². The molecule has 1 aromatic carbocycles. The van der Waals surface area contributed by atoms with Crippen molar-refractivity contribution < 1.29 is 19.4 Å². The summed E-state index contributed by atoms with van der Waals surface area (Å²) in [5.41, 5.74) is 1.53. The first kappa shape index (κ1) is 18.2. The number of carbonyl (C=O) groups excluding carboxylic acids is 1. The van der Waals surface area contributed by atoms with Crippen LogP contribution < -0.4 is 10.6 Å². The number of fused-ring (bicyclic) bond motifs is 1. The molecule has 0 unspecified atom stereocenters. The van der Waals surface area contributed by atoms with Gasteiger partial charge in [-0.25, -0.2) is 4.98 Å². The predicted molar refractivity (Wildman–Crippen MR) is 98.3 cm³/mol. The minimum absolute atomic E-state index is 0.0237. The lowest BCUT2D eigenvalue weighted by Gasteiger charge is -2.43. The average Bonchev–Trinajstić information content (AvgIpc) is 3.35. The zero-order chi connectivity index (χ0) is 19.0. The molecule has 2 aliphatic rings. The van der Waals surface area contributed by atoms with Gasteiger partial charge in [-0.05, 0) is 30.5 Å². The molecule has 1 aromatic heterocycles. The van der Waals surface area contributed by atoms with Crippen molar-refractivity contribution in [1.82, 2.24) is 15.6 Å². The summed E-state index contributed by atoms with van der Waals surface area (Å²) in [5.74, 6) is -0.317. The number of rotatable bonds is 4. The van der Waals surface area contributed by atoms with Crippen molar-refractivity contribution in [2.75, 3.05) is 13.1 Å². The number of amides is 1. The Bertz CT molecular complexity index is 794. The molecule has 6 atom stereocenters. The van der Waals surface area contributed by atoms with Gasteiger partial charge in [-0.15, -0.1) is 0 Å². The van der Waals surface area contributed by atoms with E-state index < -0.39 is 12.2 Å². The Morgan fingerprint density at radius 3 is 2.74 bits per heavy atom. The molecular weight excluding hydrogens is 346 g/mol. The lowest BCUT2D eigenvalue weighted by Crippen LogP contribution is -2.55. The number of nitrogens with one attached hydrogen (secondary N) is 2. The van der Waals surface area contributed by atoms with Crippen LogP contribution in [0, 0.1) is 23.7 Å². The van der Waals surface area contributed by atoms with E-state index in [0.29, 0.717) is 24.7 Å². The van der Waals surface area contributed by atoms with Crippen LogP contribution in [0.1, 0.15) is 12.6 Å². The van der Waals surface area contributed by atoms with Crippen LogP contribution in [0.4, 0.5) is 0 Å². The van der Waals surface area contributed by atoms with E-state index in [-0.39, 0.29) is 36.1 Å². The fraction of sp³-hybridized carbons (Fsp3) is 0.500. The van der Waals surface area contributed by atoms with E-state index in [1.54, 1.807) is 6.26 Å². The maximum Gasteiger partial charge on any atom is 0.226 e. The van der Waals surface area contributed by atoms with Gasteiger partial charge >= 0.3 is 0 Å². The number of aromatic nitrogens is 1. The lowest BCUT2D eigenvalue weighted by molar-refractivity contribution is -0.146. The van der Waals surface area contributed by atoms with Crippen LogP contribution in [0.15, 0.2) is 41.0 Å². The zero-order valence-corrected chi connectivity index (χ0v) is 15.2. The maximum atomic E-state index is 12.9. The van der Waals surface area contributed by atoms with Crippen molar-refractivity contribution in [3.05, 3.63) is 42.3 Å². The first-order valence-corrected chi connectivity index (χ1v) is 9.40. The molecule has 1 aliphatic carbocycles. The summed E-state index contributed by atoms with van der Waals surface area (Å²) in [6.07, 6.45) is -0.127. The Balaban J connectivity index is 1.43. The monoisotopic (exact) mass is 371 g/mol. The molecule has 2 heterocycles. The molecule has 7 nitrogen and oxygen atoms in total. The highest BCUT2D eigenvalue weighted by Crippen LogP contribution is 2.41. The molecule has 7 heteroatoms. The number of aliphatic hydroxyl groups is 2. The number of benzene rings is 1. The summed E-state index contributed by atoms with van der Waals surface area (Å²) in [5, 5.41) is 26.8. The van der Waals surface area contributed by atoms with Gasteiger partial charge in [0.15, 0.2) is 0 Å². The molecule has 4 rings (SSSR count). The van der Waals surface area contributed by atoms with E-state index in [2.05, 4.69) is 15.6 Å². The highest BCUT2D eigenvalue weighted by molar-refractivity contribution is 5.79. The number of hydrogen-bond acceptors (Lipinski definition) is 6. The third-order valence-electron chi connectivity index (χ3n) is 5.98. The summed E-state index contributed by atoms with van der Waals surface area (Å²) in [6, 6.07) is 9.58. The minimum Gasteiger partial charge on any atom is -0.444 e. The molecule has 2 fully saturated rings. The number of aliphatic hydroxyl groups excluding tert-OH is 2. The largest absolute Gasteiger partial charge is 0.444 e. The van der Waals surface area contributed by atoms with Crippen molar-refractivity contribution in [3.8, 4) is 11.5 Å². The molecule has 0 radical (unpaired) electrons. The topological polar surface area (TPSA) is 108 Å². The van der Waals surface area contributed by atoms with Crippen LogP contribution >= 0.6 is 0 Å². The Morgan fingerprint density at radius 1 is 1.22 bits per heavy atom. The first-order chi connectivity index (χ1) is 13.1. The quantitative estimate of drug-likeness (QED) is 0.633. The molecule has 4 N–H and O–H groups in total. The zero-order valence-electron chi connectivity index (χ0n) is 15.2. The highest BCUT2D eigenvalue weighted by Gasteiger charge is 2.52. The normalized spacial score (nSPS) is 32.9. The third-order valence-corrected chi connectivity index (χ3v) is 5.98. The van der Waals surface area contributed by atoms with Gasteiger partial charge in [-0.1, -0.05) is 25.1 Å². The molecule has 1 aliphatic heterocycles. The fourth-order valence-electron chi connectivity index (χ4n) is 4.48. The summed E-state index contributed by atoms with van der Waals surface area (Å²) in [4.78, 5) is 17.3. The Morgan fingerprint density at radius 2 is 1.96 bits per heavy atom. The molecule has 1 amide bonds. The van der Waals surface area contributed by atoms with Crippen LogP contribution in [0.3, 0.4) is 0 Å². The van der Waals surface area contributed by atoms with Gasteiger partial charge in [0.2, 0.25) is 11.8 Å². The van der Waals surface area contributed by atoms with Gasteiger partial charge < -0.3 is 25.3 Å². The maximum absolute atomic E-state index is 12.9. The number of carbonyl (C=O) groups is 1. The number of hydrogen-bond donors (Lipinski definition) is 4. The second-order valence-electron chi connectivity index (χ2n) is 7.58. The molecule has 144 valence electrons. The predicted octanol–water partition coefficient (Wildman–Crippen LogP) is 0.781. The van der Waals surface area contributed by atoms with Crippen molar-refractivity contribution in [2.24, 2.45) is 23.7 Å². The van der Waals surface area contributed by atoms with Crippen LogP contribution in [0.25, 0.3) is 11.5 Å². The third kappa shape index (κ3) is 3.38. The van der Waals surface area contributed by atoms with Gasteiger partial charge in [0.25, 0.3) is 0 Å². The molecule has 2 aromatic rings. The minimum atomic E-state index is -0.890. The molecule has 0 bridgehead atoms. The average molecular weight is 371 g/mol. The number of oxazole rings is 1. The van der Waals surface area contributed by atoms with Gasteiger partial charge in [-0.2, -0.15) is 0 Å². The van der Waals surface area contributed by atoms with Gasteiger partial charge in [0.1, 0.15) is 6.26 Å². The summed E-state index contributed by atoms with van der Waals surface area (Å²) in [6.45, 7) is 3.40. The second kappa shape index (κ2) is 7.42. The summed E-state index contributed by atoms with van der Waals surface area (Å²) >= 11 is 0. The van der Waals surface area contributed by atoms with Crippen molar-refractivity contribution >= 4 is 5.91 Å². The van der Waals surface area contributed by atoms with E-state index in [0.717, 1.165) is 5.56 Å². The van der Waals surface area contributed by atoms with Crippen LogP contribution in [-0.4, -0.2) is 46.4 Å². The van der Waals surface area contributed by atoms with Crippen molar-refractivity contribution in [1.29, 1.82) is 0 Å². The van der Waals surface area contributed by atoms with Gasteiger partial charge in [0.05, 0.1) is 24.4 Å². The molecule has 1 saturated heterocycles. The Labute approximate surface area is 157 Å². The Kier molecular flexibility index (Phi) is 4.99. The van der Waals surface area contributed by atoms with Crippen LogP contribution in [0.5, 0.6) is 0 Å². The summed E-state index contributed by atoms with van der Waals surface area (Å²) < 4.78 is 5.50. The smallest absolute Gasteiger partial charge is 0.226 e. The van der Waals surface area contributed by atoms with E-state index >= 15 is 0 Å². The van der Waals surface area contributed by atoms with Crippen LogP contribution in [-0.2, 0) is 11.3 Å². The molecule has 27 heavy (non-hydrogen) atoms. The van der Waals surface area contributed by atoms with E-state index in [1.165, 1.54) is 0 Å². The highest BCUT2D eigenvalue weighted by atomic mass is 16.3. The molecular formula is C20H25N3O4. The molecule has 0 spiro atoms. The lowest BCUT2D eigenvalue weighted by atomic mass is 9.65. The summed E-state index contributed by atoms with van der Waals surface area (Å²) in [7, 11) is 0. The van der Waals surface area contributed by atoms with E-state index in [1.807, 2.05) is 37.3 Å². The van der Waals surface area contributed by atoms with E-state index in [4.69, 9.17) is 4.42 Å². The van der Waals surface area contributed by atoms with Crippen molar-refractivity contribution in [3.63, 3.8) is 0 Å². The van der Waals surface area contributed by atoms with Crippen molar-refractivity contribution in [2.45, 2.75) is 25.7 Å². The number of nitrogens with zero attached hydrogens (tertiary/aromatic N) is 1.